The molecule has 1 aliphatic rings. The first-order chi connectivity index (χ1) is 14.5. The summed E-state index contributed by atoms with van der Waals surface area (Å²) in [5.41, 5.74) is 3.16. The van der Waals surface area contributed by atoms with Crippen molar-refractivity contribution in [2.45, 2.75) is 52.6 Å². The van der Waals surface area contributed by atoms with Crippen LogP contribution in [-0.4, -0.2) is 36.1 Å². The first kappa shape index (κ1) is 21.7. The van der Waals surface area contributed by atoms with Crippen LogP contribution in [-0.2, 0) is 22.6 Å². The van der Waals surface area contributed by atoms with Crippen LogP contribution in [0.3, 0.4) is 0 Å². The lowest BCUT2D eigenvalue weighted by atomic mass is 10.0. The van der Waals surface area contributed by atoms with Crippen molar-refractivity contribution in [1.82, 2.24) is 10.2 Å². The number of fused-ring (bicyclic) bond motifs is 1. The summed E-state index contributed by atoms with van der Waals surface area (Å²) >= 11 is 0. The maximum Gasteiger partial charge on any atom is 0.242 e. The number of nitrogens with one attached hydrogen (secondary N) is 1. The molecule has 0 saturated heterocycles. The number of nitrogens with zero attached hydrogens (tertiary/aromatic N) is 1. The van der Waals surface area contributed by atoms with Crippen LogP contribution in [0.2, 0.25) is 0 Å². The summed E-state index contributed by atoms with van der Waals surface area (Å²) in [6.45, 7) is 7.03. The standard InChI is InChI=1S/C24H30N2O4/c1-4-20(24(28)25-5-2)26(15-19-8-6-7-17(3)13-19)23(27)12-10-18-9-11-21-22(14-18)30-16-29-21/h6-9,11,13-14,20H,4-5,10,12,15-16H2,1-3H3,(H,25,28)/t20-/m1/s1. The first-order valence-electron chi connectivity index (χ1n) is 10.5. The third-order valence-electron chi connectivity index (χ3n) is 5.24. The fourth-order valence-corrected chi connectivity index (χ4v) is 3.71. The lowest BCUT2D eigenvalue weighted by Gasteiger charge is -2.30. The van der Waals surface area contributed by atoms with E-state index < -0.39 is 6.04 Å². The van der Waals surface area contributed by atoms with Gasteiger partial charge in [-0.2, -0.15) is 0 Å². The molecule has 0 unspecified atom stereocenters. The highest BCUT2D eigenvalue weighted by atomic mass is 16.7. The molecule has 2 aromatic rings. The molecule has 0 saturated carbocycles. The zero-order chi connectivity index (χ0) is 21.5. The summed E-state index contributed by atoms with van der Waals surface area (Å²) in [5.74, 6) is 1.30. The number of hydrogen-bond donors (Lipinski definition) is 1. The lowest BCUT2D eigenvalue weighted by molar-refractivity contribution is -0.141. The second-order valence-corrected chi connectivity index (χ2v) is 7.52. The third kappa shape index (κ3) is 5.32. The molecular formula is C24H30N2O4. The SMILES string of the molecule is CCNC(=O)[C@@H](CC)N(Cc1cccc(C)c1)C(=O)CCc1ccc2c(c1)OCO2. The van der Waals surface area contributed by atoms with E-state index in [1.165, 1.54) is 0 Å². The maximum absolute atomic E-state index is 13.2. The van der Waals surface area contributed by atoms with Crippen LogP contribution in [0.15, 0.2) is 42.5 Å². The van der Waals surface area contributed by atoms with Gasteiger partial charge in [0, 0.05) is 19.5 Å². The average molecular weight is 411 g/mol. The van der Waals surface area contributed by atoms with Crippen molar-refractivity contribution in [2.75, 3.05) is 13.3 Å². The van der Waals surface area contributed by atoms with Crippen molar-refractivity contribution >= 4 is 11.8 Å². The van der Waals surface area contributed by atoms with Crippen LogP contribution < -0.4 is 14.8 Å². The van der Waals surface area contributed by atoms with E-state index >= 15 is 0 Å². The number of hydrogen-bond acceptors (Lipinski definition) is 4. The highest BCUT2D eigenvalue weighted by Crippen LogP contribution is 2.32. The Morgan fingerprint density at radius 3 is 2.60 bits per heavy atom. The molecule has 30 heavy (non-hydrogen) atoms. The fourth-order valence-electron chi connectivity index (χ4n) is 3.71. The van der Waals surface area contributed by atoms with Crippen LogP contribution in [0.5, 0.6) is 11.5 Å². The minimum Gasteiger partial charge on any atom is -0.454 e. The predicted molar refractivity (Wildman–Crippen MR) is 115 cm³/mol. The normalized spacial score (nSPS) is 13.0. The van der Waals surface area contributed by atoms with E-state index in [1.54, 1.807) is 4.90 Å². The highest BCUT2D eigenvalue weighted by Gasteiger charge is 2.28. The van der Waals surface area contributed by atoms with Crippen molar-refractivity contribution in [3.63, 3.8) is 0 Å². The van der Waals surface area contributed by atoms with Gasteiger partial charge in [0.15, 0.2) is 11.5 Å². The van der Waals surface area contributed by atoms with E-state index in [-0.39, 0.29) is 18.6 Å². The van der Waals surface area contributed by atoms with E-state index in [9.17, 15) is 9.59 Å². The van der Waals surface area contributed by atoms with Gasteiger partial charge in [0.25, 0.3) is 0 Å². The van der Waals surface area contributed by atoms with Crippen molar-refractivity contribution < 1.29 is 19.1 Å². The summed E-state index contributed by atoms with van der Waals surface area (Å²) in [5, 5.41) is 2.87. The molecular weight excluding hydrogens is 380 g/mol. The number of carbonyl (C=O) groups excluding carboxylic acids is 2. The molecule has 0 fully saturated rings. The van der Waals surface area contributed by atoms with Gasteiger partial charge >= 0.3 is 0 Å². The van der Waals surface area contributed by atoms with Crippen molar-refractivity contribution in [1.29, 1.82) is 0 Å². The number of aryl methyl sites for hydroxylation is 2. The summed E-state index contributed by atoms with van der Waals surface area (Å²) in [4.78, 5) is 27.6. The number of rotatable bonds is 9. The summed E-state index contributed by atoms with van der Waals surface area (Å²) < 4.78 is 10.8. The molecule has 6 heteroatoms. The molecule has 1 N–H and O–H groups in total. The van der Waals surface area contributed by atoms with Gasteiger partial charge in [-0.3, -0.25) is 9.59 Å². The molecule has 2 aromatic carbocycles. The smallest absolute Gasteiger partial charge is 0.242 e. The van der Waals surface area contributed by atoms with Gasteiger partial charge in [0.2, 0.25) is 18.6 Å². The van der Waals surface area contributed by atoms with E-state index in [0.717, 1.165) is 22.4 Å². The predicted octanol–water partition coefficient (Wildman–Crippen LogP) is 3.60. The Morgan fingerprint density at radius 1 is 1.07 bits per heavy atom. The number of amides is 2. The van der Waals surface area contributed by atoms with E-state index in [0.29, 0.717) is 38.1 Å². The molecule has 0 aromatic heterocycles. The lowest BCUT2D eigenvalue weighted by Crippen LogP contribution is -2.49. The topological polar surface area (TPSA) is 67.9 Å². The second-order valence-electron chi connectivity index (χ2n) is 7.52. The Morgan fingerprint density at radius 2 is 1.87 bits per heavy atom. The summed E-state index contributed by atoms with van der Waals surface area (Å²) in [7, 11) is 0. The molecule has 1 heterocycles. The summed E-state index contributed by atoms with van der Waals surface area (Å²) in [6.07, 6.45) is 1.46. The van der Waals surface area contributed by atoms with Gasteiger partial charge in [0.05, 0.1) is 0 Å². The molecule has 0 radical (unpaired) electrons. The van der Waals surface area contributed by atoms with Gasteiger partial charge in [-0.25, -0.2) is 0 Å². The van der Waals surface area contributed by atoms with Crippen LogP contribution in [0.25, 0.3) is 0 Å². The molecule has 0 spiro atoms. The highest BCUT2D eigenvalue weighted by molar-refractivity contribution is 5.87. The van der Waals surface area contributed by atoms with Crippen molar-refractivity contribution in [3.8, 4) is 11.5 Å². The zero-order valence-electron chi connectivity index (χ0n) is 17.9. The quantitative estimate of drug-likeness (QED) is 0.686. The van der Waals surface area contributed by atoms with Crippen LogP contribution >= 0.6 is 0 Å². The number of ether oxygens (including phenoxy) is 2. The third-order valence-corrected chi connectivity index (χ3v) is 5.24. The first-order valence-corrected chi connectivity index (χ1v) is 10.5. The molecule has 160 valence electrons. The monoisotopic (exact) mass is 410 g/mol. The Hall–Kier alpha value is -3.02. The van der Waals surface area contributed by atoms with Crippen molar-refractivity contribution in [2.24, 2.45) is 0 Å². The number of carbonyl (C=O) groups is 2. The Labute approximate surface area is 178 Å². The molecule has 6 nitrogen and oxygen atoms in total. The molecule has 3 rings (SSSR count). The van der Waals surface area contributed by atoms with Crippen molar-refractivity contribution in [3.05, 3.63) is 59.2 Å². The molecule has 0 aliphatic carbocycles. The molecule has 1 aliphatic heterocycles. The Kier molecular flexibility index (Phi) is 7.33. The van der Waals surface area contributed by atoms with Gasteiger partial charge in [-0.05, 0) is 49.9 Å². The molecule has 1 atom stereocenters. The van der Waals surface area contributed by atoms with Crippen LogP contribution in [0.1, 0.15) is 43.4 Å². The second kappa shape index (κ2) is 10.1. The van der Waals surface area contributed by atoms with Gasteiger partial charge in [0.1, 0.15) is 6.04 Å². The summed E-state index contributed by atoms with van der Waals surface area (Å²) in [6, 6.07) is 13.3. The Bertz CT molecular complexity index is 897. The average Bonchev–Trinajstić information content (AvgIpc) is 3.20. The van der Waals surface area contributed by atoms with Gasteiger partial charge in [-0.1, -0.05) is 42.8 Å². The van der Waals surface area contributed by atoms with Crippen LogP contribution in [0.4, 0.5) is 0 Å². The minimum atomic E-state index is -0.491. The number of likely N-dealkylation sites (N-methyl/N-ethyl adjacent to an activating group) is 1. The molecule has 2 amide bonds. The van der Waals surface area contributed by atoms with Gasteiger partial charge in [-0.15, -0.1) is 0 Å². The van der Waals surface area contributed by atoms with Gasteiger partial charge < -0.3 is 19.7 Å². The number of benzene rings is 2. The van der Waals surface area contributed by atoms with E-state index in [2.05, 4.69) is 11.4 Å². The fraction of sp³-hybridized carbons (Fsp3) is 0.417. The Balaban J connectivity index is 1.75. The maximum atomic E-state index is 13.2. The molecule has 0 bridgehead atoms. The van der Waals surface area contributed by atoms with Crippen LogP contribution in [0, 0.1) is 6.92 Å². The minimum absolute atomic E-state index is 0.0349. The van der Waals surface area contributed by atoms with E-state index in [1.807, 2.05) is 57.2 Å². The largest absolute Gasteiger partial charge is 0.454 e. The zero-order valence-corrected chi connectivity index (χ0v) is 17.9. The van der Waals surface area contributed by atoms with E-state index in [4.69, 9.17) is 9.47 Å².